The fourth-order valence-electron chi connectivity index (χ4n) is 2.81. The van der Waals surface area contributed by atoms with Crippen molar-refractivity contribution < 1.29 is 13.2 Å². The summed E-state index contributed by atoms with van der Waals surface area (Å²) in [6.07, 6.45) is 0. The number of benzene rings is 3. The van der Waals surface area contributed by atoms with E-state index in [0.717, 1.165) is 4.31 Å². The molecule has 0 bridgehead atoms. The molecule has 0 saturated heterocycles. The number of hydrogen-bond acceptors (Lipinski definition) is 4. The van der Waals surface area contributed by atoms with Gasteiger partial charge < -0.3 is 5.73 Å². The molecule has 0 aliphatic heterocycles. The molecule has 0 saturated carbocycles. The zero-order valence-electron chi connectivity index (χ0n) is 15.4. The molecule has 0 aliphatic rings. The highest BCUT2D eigenvalue weighted by Gasteiger charge is 2.27. The third-order valence-electron chi connectivity index (χ3n) is 4.33. The molecule has 0 fully saturated rings. The Morgan fingerprint density at radius 3 is 2.27 bits per heavy atom. The van der Waals surface area contributed by atoms with E-state index in [4.69, 9.17) is 34.2 Å². The Bertz CT molecular complexity index is 1250. The zero-order chi connectivity index (χ0) is 21.9. The van der Waals surface area contributed by atoms with Crippen molar-refractivity contribution in [2.45, 2.75) is 11.4 Å². The molecule has 0 unspecified atom stereocenters. The van der Waals surface area contributed by atoms with E-state index in [1.54, 1.807) is 18.2 Å². The number of sulfonamides is 1. The van der Waals surface area contributed by atoms with E-state index in [0.29, 0.717) is 15.6 Å². The van der Waals surface area contributed by atoms with E-state index in [-0.39, 0.29) is 28.3 Å². The van der Waals surface area contributed by atoms with Crippen LogP contribution < -0.4 is 10.0 Å². The number of nitriles is 1. The highest BCUT2D eigenvalue weighted by Crippen LogP contribution is 2.32. The van der Waals surface area contributed by atoms with Gasteiger partial charge in [-0.05, 0) is 48.5 Å². The summed E-state index contributed by atoms with van der Waals surface area (Å²) < 4.78 is 28.1. The lowest BCUT2D eigenvalue weighted by Gasteiger charge is -2.26. The quantitative estimate of drug-likeness (QED) is 0.590. The van der Waals surface area contributed by atoms with Crippen molar-refractivity contribution in [3.05, 3.63) is 93.5 Å². The van der Waals surface area contributed by atoms with Crippen LogP contribution >= 0.6 is 23.2 Å². The summed E-state index contributed by atoms with van der Waals surface area (Å²) in [6.45, 7) is -0.195. The second-order valence-electron chi connectivity index (χ2n) is 6.27. The van der Waals surface area contributed by atoms with Gasteiger partial charge in [0.05, 0.1) is 28.8 Å². The third-order valence-corrected chi connectivity index (χ3v) is 6.81. The fraction of sp³-hybridized carbons (Fsp3) is 0.0476. The minimum atomic E-state index is -4.15. The van der Waals surface area contributed by atoms with Crippen LogP contribution in [0.3, 0.4) is 0 Å². The molecule has 0 aliphatic carbocycles. The van der Waals surface area contributed by atoms with Crippen molar-refractivity contribution in [2.24, 2.45) is 5.73 Å². The number of amides is 1. The van der Waals surface area contributed by atoms with Gasteiger partial charge in [-0.2, -0.15) is 5.26 Å². The molecule has 30 heavy (non-hydrogen) atoms. The first kappa shape index (κ1) is 21.7. The summed E-state index contributed by atoms with van der Waals surface area (Å²) in [5.74, 6) is -0.698. The Balaban J connectivity index is 2.20. The molecular weight excluding hydrogens is 445 g/mol. The van der Waals surface area contributed by atoms with Crippen molar-refractivity contribution in [1.29, 1.82) is 5.26 Å². The smallest absolute Gasteiger partial charge is 0.264 e. The van der Waals surface area contributed by atoms with Crippen molar-refractivity contribution in [1.82, 2.24) is 0 Å². The predicted octanol–water partition coefficient (Wildman–Crippen LogP) is 4.36. The summed E-state index contributed by atoms with van der Waals surface area (Å²) in [5.41, 5.74) is 6.28. The average Bonchev–Trinajstić information content (AvgIpc) is 2.73. The van der Waals surface area contributed by atoms with Crippen LogP contribution in [0.4, 0.5) is 5.69 Å². The van der Waals surface area contributed by atoms with Crippen molar-refractivity contribution >= 4 is 44.8 Å². The van der Waals surface area contributed by atoms with Crippen LogP contribution in [0.25, 0.3) is 0 Å². The van der Waals surface area contributed by atoms with Gasteiger partial charge in [-0.1, -0.05) is 41.4 Å². The van der Waals surface area contributed by atoms with Gasteiger partial charge in [-0.15, -0.1) is 0 Å². The van der Waals surface area contributed by atoms with Crippen molar-refractivity contribution in [3.8, 4) is 6.07 Å². The Morgan fingerprint density at radius 2 is 1.63 bits per heavy atom. The molecule has 0 heterocycles. The minimum Gasteiger partial charge on any atom is -0.366 e. The number of anilines is 1. The first-order chi connectivity index (χ1) is 14.2. The van der Waals surface area contributed by atoms with E-state index in [9.17, 15) is 13.2 Å². The standard InChI is InChI=1S/C21H15Cl2N3O3S/c22-19-8-3-9-20(23)18(19)13-26(16-6-2-5-15(11-16)21(25)27)30(28,29)17-7-1-4-14(10-17)12-24/h1-11H,13H2,(H2,25,27). The summed E-state index contributed by atoms with van der Waals surface area (Å²) in [4.78, 5) is 11.5. The lowest BCUT2D eigenvalue weighted by Crippen LogP contribution is -2.31. The Labute approximate surface area is 184 Å². The summed E-state index contributed by atoms with van der Waals surface area (Å²) in [6, 6.07) is 18.3. The maximum absolute atomic E-state index is 13.5. The molecular formula is C21H15Cl2N3O3S. The van der Waals surface area contributed by atoms with Crippen molar-refractivity contribution in [2.75, 3.05) is 4.31 Å². The number of halogens is 2. The number of nitrogens with two attached hydrogens (primary N) is 1. The van der Waals surface area contributed by atoms with Crippen LogP contribution in [0, 0.1) is 11.3 Å². The van der Waals surface area contributed by atoms with Crippen LogP contribution in [-0.2, 0) is 16.6 Å². The molecule has 0 radical (unpaired) electrons. The molecule has 0 atom stereocenters. The molecule has 3 aromatic rings. The predicted molar refractivity (Wildman–Crippen MR) is 116 cm³/mol. The molecule has 1 amide bonds. The average molecular weight is 460 g/mol. The van der Waals surface area contributed by atoms with E-state index < -0.39 is 15.9 Å². The second kappa shape index (κ2) is 8.76. The normalized spacial score (nSPS) is 11.0. The van der Waals surface area contributed by atoms with Gasteiger partial charge in [0.25, 0.3) is 10.0 Å². The van der Waals surface area contributed by atoms with E-state index >= 15 is 0 Å². The number of rotatable bonds is 6. The maximum atomic E-state index is 13.5. The molecule has 2 N–H and O–H groups in total. The van der Waals surface area contributed by atoms with E-state index in [2.05, 4.69) is 0 Å². The monoisotopic (exact) mass is 459 g/mol. The third kappa shape index (κ3) is 4.41. The van der Waals surface area contributed by atoms with Gasteiger partial charge >= 0.3 is 0 Å². The first-order valence-electron chi connectivity index (χ1n) is 8.59. The Hall–Kier alpha value is -3.05. The van der Waals surface area contributed by atoms with Gasteiger partial charge in [0.1, 0.15) is 0 Å². The first-order valence-corrected chi connectivity index (χ1v) is 10.8. The number of carbonyl (C=O) groups is 1. The maximum Gasteiger partial charge on any atom is 0.264 e. The molecule has 0 spiro atoms. The summed E-state index contributed by atoms with van der Waals surface area (Å²) in [7, 11) is -4.15. The van der Waals surface area contributed by atoms with E-state index in [1.807, 2.05) is 6.07 Å². The van der Waals surface area contributed by atoms with Crippen molar-refractivity contribution in [3.63, 3.8) is 0 Å². The SMILES string of the molecule is N#Cc1cccc(S(=O)(=O)N(Cc2c(Cl)cccc2Cl)c2cccc(C(N)=O)c2)c1. The number of nitrogens with zero attached hydrogens (tertiary/aromatic N) is 2. The van der Waals surface area contributed by atoms with Crippen LogP contribution in [0.5, 0.6) is 0 Å². The van der Waals surface area contributed by atoms with Gasteiger partial charge in [-0.3, -0.25) is 9.10 Å². The van der Waals surface area contributed by atoms with Crippen LogP contribution in [0.1, 0.15) is 21.5 Å². The second-order valence-corrected chi connectivity index (χ2v) is 8.94. The summed E-state index contributed by atoms with van der Waals surface area (Å²) >= 11 is 12.5. The molecule has 3 aromatic carbocycles. The van der Waals surface area contributed by atoms with Gasteiger partial charge in [0.2, 0.25) is 5.91 Å². The zero-order valence-corrected chi connectivity index (χ0v) is 17.7. The van der Waals surface area contributed by atoms with Crippen LogP contribution in [-0.4, -0.2) is 14.3 Å². The molecule has 152 valence electrons. The van der Waals surface area contributed by atoms with Gasteiger partial charge in [0.15, 0.2) is 0 Å². The molecule has 6 nitrogen and oxygen atoms in total. The lowest BCUT2D eigenvalue weighted by molar-refractivity contribution is 0.100. The number of hydrogen-bond donors (Lipinski definition) is 1. The lowest BCUT2D eigenvalue weighted by atomic mass is 10.1. The molecule has 0 aromatic heterocycles. The largest absolute Gasteiger partial charge is 0.366 e. The highest BCUT2D eigenvalue weighted by atomic mass is 35.5. The van der Waals surface area contributed by atoms with E-state index in [1.165, 1.54) is 48.5 Å². The van der Waals surface area contributed by atoms with Gasteiger partial charge in [0, 0.05) is 21.2 Å². The van der Waals surface area contributed by atoms with Crippen LogP contribution in [0.15, 0.2) is 71.6 Å². The summed E-state index contributed by atoms with van der Waals surface area (Å²) in [5, 5.41) is 9.73. The Kier molecular flexibility index (Phi) is 6.32. The Morgan fingerprint density at radius 1 is 1.00 bits per heavy atom. The number of carbonyl (C=O) groups excluding carboxylic acids is 1. The molecule has 3 rings (SSSR count). The minimum absolute atomic E-state index is 0.0887. The number of primary amides is 1. The topological polar surface area (TPSA) is 104 Å². The van der Waals surface area contributed by atoms with Gasteiger partial charge in [-0.25, -0.2) is 8.42 Å². The fourth-order valence-corrected chi connectivity index (χ4v) is 4.80. The molecule has 9 heteroatoms. The van der Waals surface area contributed by atoms with Crippen LogP contribution in [0.2, 0.25) is 10.0 Å². The highest BCUT2D eigenvalue weighted by molar-refractivity contribution is 7.92.